The fraction of sp³-hybridized carbons (Fsp3) is 0.571. The highest BCUT2D eigenvalue weighted by atomic mass is 32.2. The number of amides is 1. The molecular formula is C21H27N3O7S2. The lowest BCUT2D eigenvalue weighted by Crippen LogP contribution is -2.43. The molecule has 2 saturated heterocycles. The quantitative estimate of drug-likeness (QED) is 0.544. The smallest absolute Gasteiger partial charge is 0.309 e. The fourth-order valence-electron chi connectivity index (χ4n) is 4.15. The first-order valence-electron chi connectivity index (χ1n) is 11.0. The first-order valence-corrected chi connectivity index (χ1v) is 13.2. The molecule has 2 aliphatic rings. The molecule has 0 N–H and O–H groups in total. The van der Waals surface area contributed by atoms with Gasteiger partial charge in [-0.25, -0.2) is 8.42 Å². The van der Waals surface area contributed by atoms with E-state index in [9.17, 15) is 22.8 Å². The van der Waals surface area contributed by atoms with E-state index >= 15 is 0 Å². The number of rotatable bonds is 6. The Morgan fingerprint density at radius 2 is 1.85 bits per heavy atom. The largest absolute Gasteiger partial charge is 0.466 e. The zero-order valence-electron chi connectivity index (χ0n) is 18.4. The van der Waals surface area contributed by atoms with Crippen molar-refractivity contribution in [2.45, 2.75) is 31.2 Å². The molecule has 12 heteroatoms. The number of piperidine rings is 1. The van der Waals surface area contributed by atoms with Gasteiger partial charge in [0.2, 0.25) is 15.9 Å². The number of nitrogens with zero attached hydrogens (tertiary/aromatic N) is 3. The number of carbonyl (C=O) groups is 2. The summed E-state index contributed by atoms with van der Waals surface area (Å²) >= 11 is 0.922. The van der Waals surface area contributed by atoms with E-state index < -0.39 is 10.0 Å². The second-order valence-corrected chi connectivity index (χ2v) is 10.9. The number of benzene rings is 1. The Labute approximate surface area is 195 Å². The molecule has 4 rings (SSSR count). The van der Waals surface area contributed by atoms with E-state index in [2.05, 4.69) is 0 Å². The van der Waals surface area contributed by atoms with Crippen LogP contribution in [0.1, 0.15) is 19.8 Å². The van der Waals surface area contributed by atoms with E-state index in [0.29, 0.717) is 56.0 Å². The number of carbonyl (C=O) groups excluding carboxylic acids is 2. The zero-order chi connectivity index (χ0) is 23.6. The van der Waals surface area contributed by atoms with Crippen LogP contribution in [0.4, 0.5) is 0 Å². The van der Waals surface area contributed by atoms with Crippen molar-refractivity contribution in [2.75, 3.05) is 46.0 Å². The van der Waals surface area contributed by atoms with Gasteiger partial charge < -0.3 is 14.4 Å². The number of fused-ring (bicyclic) bond motifs is 1. The van der Waals surface area contributed by atoms with Crippen LogP contribution < -0.4 is 4.87 Å². The number of aromatic nitrogens is 1. The molecule has 0 aliphatic carbocycles. The van der Waals surface area contributed by atoms with E-state index in [1.165, 1.54) is 21.0 Å². The Hall–Kier alpha value is -2.28. The molecule has 2 aliphatic heterocycles. The van der Waals surface area contributed by atoms with Gasteiger partial charge in [-0.05, 0) is 38.0 Å². The highest BCUT2D eigenvalue weighted by Gasteiger charge is 2.33. The van der Waals surface area contributed by atoms with Gasteiger partial charge in [0, 0.05) is 26.2 Å². The normalized spacial score (nSPS) is 18.5. The summed E-state index contributed by atoms with van der Waals surface area (Å²) in [6.07, 6.45) is 0.821. The van der Waals surface area contributed by atoms with Gasteiger partial charge in [-0.15, -0.1) is 0 Å². The van der Waals surface area contributed by atoms with Crippen molar-refractivity contribution in [1.29, 1.82) is 0 Å². The molecule has 1 amide bonds. The number of hydrogen-bond donors (Lipinski definition) is 0. The molecule has 33 heavy (non-hydrogen) atoms. The van der Waals surface area contributed by atoms with Gasteiger partial charge in [-0.2, -0.15) is 4.31 Å². The SMILES string of the molecule is CCOC(=O)C1CCN(S(=O)(=O)c2ccc3c(c2)sc(=O)n3CC(=O)N2CCOCC2)CC1. The molecule has 3 heterocycles. The zero-order valence-corrected chi connectivity index (χ0v) is 20.0. The fourth-order valence-corrected chi connectivity index (χ4v) is 6.65. The number of thiazole rings is 1. The molecule has 0 radical (unpaired) electrons. The van der Waals surface area contributed by atoms with Crippen molar-refractivity contribution in [3.05, 3.63) is 27.9 Å². The molecular weight excluding hydrogens is 470 g/mol. The average Bonchev–Trinajstić information content (AvgIpc) is 3.14. The third-order valence-electron chi connectivity index (χ3n) is 6.01. The number of sulfonamides is 1. The minimum atomic E-state index is -3.77. The Bertz CT molecular complexity index is 1190. The van der Waals surface area contributed by atoms with Gasteiger partial charge in [0.1, 0.15) is 6.54 Å². The van der Waals surface area contributed by atoms with Crippen LogP contribution in [0, 0.1) is 5.92 Å². The molecule has 0 spiro atoms. The monoisotopic (exact) mass is 497 g/mol. The lowest BCUT2D eigenvalue weighted by atomic mass is 9.98. The number of hydrogen-bond acceptors (Lipinski definition) is 8. The first kappa shape index (κ1) is 23.9. The predicted octanol–water partition coefficient (Wildman–Crippen LogP) is 0.886. The number of morpholine rings is 1. The van der Waals surface area contributed by atoms with Crippen LogP contribution in [0.15, 0.2) is 27.9 Å². The van der Waals surface area contributed by atoms with Gasteiger partial charge in [0.15, 0.2) is 0 Å². The maximum absolute atomic E-state index is 13.2. The van der Waals surface area contributed by atoms with Crippen molar-refractivity contribution in [3.63, 3.8) is 0 Å². The van der Waals surface area contributed by atoms with Crippen molar-refractivity contribution in [3.8, 4) is 0 Å². The van der Waals surface area contributed by atoms with Crippen molar-refractivity contribution in [1.82, 2.24) is 13.8 Å². The Morgan fingerprint density at radius 3 is 2.52 bits per heavy atom. The molecule has 0 saturated carbocycles. The molecule has 1 aromatic heterocycles. The summed E-state index contributed by atoms with van der Waals surface area (Å²) in [4.78, 5) is 38.5. The van der Waals surface area contributed by atoms with Gasteiger partial charge in [-0.1, -0.05) is 11.3 Å². The highest BCUT2D eigenvalue weighted by molar-refractivity contribution is 7.89. The van der Waals surface area contributed by atoms with E-state index in [0.717, 1.165) is 11.3 Å². The summed E-state index contributed by atoms with van der Waals surface area (Å²) < 4.78 is 39.9. The summed E-state index contributed by atoms with van der Waals surface area (Å²) in [7, 11) is -3.77. The summed E-state index contributed by atoms with van der Waals surface area (Å²) in [6.45, 7) is 4.35. The molecule has 2 aromatic rings. The van der Waals surface area contributed by atoms with E-state index in [4.69, 9.17) is 9.47 Å². The van der Waals surface area contributed by atoms with Gasteiger partial charge in [-0.3, -0.25) is 19.0 Å². The number of ether oxygens (including phenoxy) is 2. The first-order chi connectivity index (χ1) is 15.8. The average molecular weight is 498 g/mol. The second-order valence-electron chi connectivity index (χ2n) is 8.01. The topological polar surface area (TPSA) is 115 Å². The van der Waals surface area contributed by atoms with Crippen LogP contribution in [0.5, 0.6) is 0 Å². The molecule has 2 fully saturated rings. The molecule has 180 valence electrons. The number of esters is 1. The van der Waals surface area contributed by atoms with Crippen molar-refractivity contribution in [2.24, 2.45) is 5.92 Å². The predicted molar refractivity (Wildman–Crippen MR) is 122 cm³/mol. The lowest BCUT2D eigenvalue weighted by Gasteiger charge is -2.30. The third kappa shape index (κ3) is 4.98. The van der Waals surface area contributed by atoms with Crippen LogP contribution in [-0.2, 0) is 35.6 Å². The standard InChI is InChI=1S/C21H27N3O7S2/c1-2-31-20(26)15-5-7-23(8-6-15)33(28,29)16-3-4-17-18(13-16)32-21(27)24(17)14-19(25)22-9-11-30-12-10-22/h3-4,13,15H,2,5-12,14H2,1H3. The van der Waals surface area contributed by atoms with Crippen molar-refractivity contribution < 1.29 is 27.5 Å². The van der Waals surface area contributed by atoms with E-state index in [1.807, 2.05) is 0 Å². The highest BCUT2D eigenvalue weighted by Crippen LogP contribution is 2.28. The van der Waals surface area contributed by atoms with Crippen LogP contribution in [0.2, 0.25) is 0 Å². The van der Waals surface area contributed by atoms with Gasteiger partial charge >= 0.3 is 10.8 Å². The second kappa shape index (κ2) is 9.92. The van der Waals surface area contributed by atoms with E-state index in [1.54, 1.807) is 17.9 Å². The van der Waals surface area contributed by atoms with Gasteiger partial charge in [0.25, 0.3) is 0 Å². The van der Waals surface area contributed by atoms with Crippen LogP contribution >= 0.6 is 11.3 Å². The minimum absolute atomic E-state index is 0.0910. The molecule has 0 atom stereocenters. The Balaban J connectivity index is 1.51. The summed E-state index contributed by atoms with van der Waals surface area (Å²) in [6, 6.07) is 4.54. The molecule has 10 nitrogen and oxygen atoms in total. The summed E-state index contributed by atoms with van der Waals surface area (Å²) in [5.74, 6) is -0.739. The lowest BCUT2D eigenvalue weighted by molar-refractivity contribution is -0.149. The molecule has 0 bridgehead atoms. The summed E-state index contributed by atoms with van der Waals surface area (Å²) in [5.41, 5.74) is 0.534. The maximum Gasteiger partial charge on any atom is 0.309 e. The minimum Gasteiger partial charge on any atom is -0.466 e. The molecule has 0 unspecified atom stereocenters. The Morgan fingerprint density at radius 1 is 1.15 bits per heavy atom. The van der Waals surface area contributed by atoms with Crippen LogP contribution in [-0.4, -0.2) is 80.1 Å². The van der Waals surface area contributed by atoms with E-state index in [-0.39, 0.29) is 47.2 Å². The van der Waals surface area contributed by atoms with Gasteiger partial charge in [0.05, 0.1) is 40.9 Å². The maximum atomic E-state index is 13.2. The Kier molecular flexibility index (Phi) is 7.17. The van der Waals surface area contributed by atoms with Crippen molar-refractivity contribution >= 4 is 43.5 Å². The molecule has 1 aromatic carbocycles. The van der Waals surface area contributed by atoms with Crippen LogP contribution in [0.3, 0.4) is 0 Å². The van der Waals surface area contributed by atoms with Crippen LogP contribution in [0.25, 0.3) is 10.2 Å². The third-order valence-corrected chi connectivity index (χ3v) is 8.85. The summed E-state index contributed by atoms with van der Waals surface area (Å²) in [5, 5.41) is 0.